The van der Waals surface area contributed by atoms with E-state index in [1.54, 1.807) is 0 Å². The minimum Gasteiger partial charge on any atom is -0.301 e. The molecular formula is C13H27N3S2. The molecule has 2 heterocycles. The quantitative estimate of drug-likeness (QED) is 0.733. The highest BCUT2D eigenvalue weighted by Gasteiger charge is 2.25. The second kappa shape index (κ2) is 7.39. The molecule has 2 rings (SSSR count). The SMILES string of the molecule is CSN1CCN(SC2CCN(C(C)C)CC2)CC1. The molecule has 5 heteroatoms. The van der Waals surface area contributed by atoms with Crippen LogP contribution in [-0.4, -0.2) is 70.3 Å². The van der Waals surface area contributed by atoms with Gasteiger partial charge in [0.05, 0.1) is 0 Å². The number of rotatable bonds is 4. The van der Waals surface area contributed by atoms with E-state index in [-0.39, 0.29) is 0 Å². The first-order chi connectivity index (χ1) is 8.69. The van der Waals surface area contributed by atoms with E-state index in [1.165, 1.54) is 52.1 Å². The summed E-state index contributed by atoms with van der Waals surface area (Å²) in [4.78, 5) is 2.61. The molecule has 2 aliphatic heterocycles. The van der Waals surface area contributed by atoms with E-state index in [2.05, 4.69) is 45.6 Å². The Labute approximate surface area is 121 Å². The van der Waals surface area contributed by atoms with Gasteiger partial charge in [0.25, 0.3) is 0 Å². The molecule has 0 N–H and O–H groups in total. The summed E-state index contributed by atoms with van der Waals surface area (Å²) in [5.74, 6) is 0. The summed E-state index contributed by atoms with van der Waals surface area (Å²) in [5, 5.41) is 0.862. The van der Waals surface area contributed by atoms with E-state index in [4.69, 9.17) is 0 Å². The molecule has 0 unspecified atom stereocenters. The van der Waals surface area contributed by atoms with Gasteiger partial charge in [-0.25, -0.2) is 8.61 Å². The number of likely N-dealkylation sites (tertiary alicyclic amines) is 1. The largest absolute Gasteiger partial charge is 0.301 e. The molecular weight excluding hydrogens is 262 g/mol. The number of piperidine rings is 1. The fourth-order valence-corrected chi connectivity index (χ4v) is 4.41. The zero-order valence-electron chi connectivity index (χ0n) is 12.0. The monoisotopic (exact) mass is 289 g/mol. The van der Waals surface area contributed by atoms with Gasteiger partial charge < -0.3 is 4.90 Å². The molecule has 0 aromatic heterocycles. The summed E-state index contributed by atoms with van der Waals surface area (Å²) < 4.78 is 5.07. The zero-order valence-corrected chi connectivity index (χ0v) is 13.6. The highest BCUT2D eigenvalue weighted by molar-refractivity contribution is 7.97. The van der Waals surface area contributed by atoms with Gasteiger partial charge in [0.1, 0.15) is 0 Å². The molecule has 0 amide bonds. The Morgan fingerprint density at radius 1 is 0.889 bits per heavy atom. The lowest BCUT2D eigenvalue weighted by molar-refractivity contribution is 0.187. The van der Waals surface area contributed by atoms with Crippen molar-refractivity contribution in [2.75, 3.05) is 45.5 Å². The van der Waals surface area contributed by atoms with E-state index in [0.29, 0.717) is 0 Å². The van der Waals surface area contributed by atoms with Gasteiger partial charge in [-0.15, -0.1) is 0 Å². The fourth-order valence-electron chi connectivity index (χ4n) is 2.67. The summed E-state index contributed by atoms with van der Waals surface area (Å²) in [6.45, 7) is 12.1. The van der Waals surface area contributed by atoms with E-state index in [9.17, 15) is 0 Å². The molecule has 2 fully saturated rings. The summed E-state index contributed by atoms with van der Waals surface area (Å²) in [7, 11) is 0. The standard InChI is InChI=1S/C13H27N3S2/c1-12(2)14-6-4-13(5-7-14)18-16-10-8-15(17-3)9-11-16/h12-13H,4-11H2,1-3H3. The van der Waals surface area contributed by atoms with E-state index < -0.39 is 0 Å². The molecule has 0 aliphatic carbocycles. The maximum absolute atomic E-state index is 2.61. The predicted octanol–water partition coefficient (Wildman–Crippen LogP) is 2.40. The van der Waals surface area contributed by atoms with Crippen molar-refractivity contribution in [3.63, 3.8) is 0 Å². The molecule has 0 atom stereocenters. The first kappa shape index (κ1) is 15.0. The first-order valence-corrected chi connectivity index (χ1v) is 9.15. The lowest BCUT2D eigenvalue weighted by atomic mass is 10.1. The van der Waals surface area contributed by atoms with Crippen LogP contribution in [-0.2, 0) is 0 Å². The minimum absolute atomic E-state index is 0.723. The van der Waals surface area contributed by atoms with Crippen LogP contribution in [0.25, 0.3) is 0 Å². The number of hydrogen-bond acceptors (Lipinski definition) is 5. The van der Waals surface area contributed by atoms with Crippen molar-refractivity contribution in [2.24, 2.45) is 0 Å². The molecule has 0 spiro atoms. The minimum atomic E-state index is 0.723. The molecule has 3 nitrogen and oxygen atoms in total. The third-order valence-corrected chi connectivity index (χ3v) is 6.28. The number of hydrogen-bond donors (Lipinski definition) is 0. The van der Waals surface area contributed by atoms with Crippen LogP contribution in [0.1, 0.15) is 26.7 Å². The smallest absolute Gasteiger partial charge is 0.0227 e. The third-order valence-electron chi connectivity index (χ3n) is 3.96. The van der Waals surface area contributed by atoms with Crippen LogP contribution < -0.4 is 0 Å². The van der Waals surface area contributed by atoms with Gasteiger partial charge >= 0.3 is 0 Å². The summed E-state index contributed by atoms with van der Waals surface area (Å²) in [6, 6.07) is 0.723. The second-order valence-corrected chi connectivity index (χ2v) is 7.75. The van der Waals surface area contributed by atoms with Crippen LogP contribution in [0.15, 0.2) is 0 Å². The van der Waals surface area contributed by atoms with Crippen LogP contribution in [0.5, 0.6) is 0 Å². The maximum Gasteiger partial charge on any atom is 0.0227 e. The van der Waals surface area contributed by atoms with Crippen LogP contribution in [0.4, 0.5) is 0 Å². The maximum atomic E-state index is 2.61. The Morgan fingerprint density at radius 3 is 1.94 bits per heavy atom. The van der Waals surface area contributed by atoms with Gasteiger partial charge in [-0.1, -0.05) is 23.9 Å². The van der Waals surface area contributed by atoms with E-state index >= 15 is 0 Å². The van der Waals surface area contributed by atoms with Gasteiger partial charge in [-0.05, 0) is 46.0 Å². The van der Waals surface area contributed by atoms with Gasteiger partial charge in [0.15, 0.2) is 0 Å². The van der Waals surface area contributed by atoms with Gasteiger partial charge in [-0.2, -0.15) is 0 Å². The molecule has 0 saturated carbocycles. The lowest BCUT2D eigenvalue weighted by Gasteiger charge is -2.38. The Bertz CT molecular complexity index is 234. The van der Waals surface area contributed by atoms with Crippen LogP contribution in [0, 0.1) is 0 Å². The Balaban J connectivity index is 1.66. The second-order valence-electron chi connectivity index (χ2n) is 5.48. The molecule has 2 saturated heterocycles. The van der Waals surface area contributed by atoms with Crippen molar-refractivity contribution in [3.8, 4) is 0 Å². The lowest BCUT2D eigenvalue weighted by Crippen LogP contribution is -2.43. The topological polar surface area (TPSA) is 9.72 Å². The molecule has 0 aromatic carbocycles. The van der Waals surface area contributed by atoms with Crippen molar-refractivity contribution in [1.82, 2.24) is 13.5 Å². The van der Waals surface area contributed by atoms with Crippen LogP contribution in [0.2, 0.25) is 0 Å². The highest BCUT2D eigenvalue weighted by Crippen LogP contribution is 2.28. The molecule has 0 radical (unpaired) electrons. The molecule has 2 aliphatic rings. The molecule has 106 valence electrons. The summed E-state index contributed by atoms with van der Waals surface area (Å²) in [6.07, 6.45) is 4.92. The summed E-state index contributed by atoms with van der Waals surface area (Å²) in [5.41, 5.74) is 0. The fraction of sp³-hybridized carbons (Fsp3) is 1.00. The van der Waals surface area contributed by atoms with Gasteiger partial charge in [0.2, 0.25) is 0 Å². The average Bonchev–Trinajstić information content (AvgIpc) is 2.40. The first-order valence-electron chi connectivity index (χ1n) is 7.14. The average molecular weight is 290 g/mol. The molecule has 18 heavy (non-hydrogen) atoms. The summed E-state index contributed by atoms with van der Waals surface area (Å²) >= 11 is 4.03. The normalized spacial score (nSPS) is 26.0. The van der Waals surface area contributed by atoms with Crippen molar-refractivity contribution >= 4 is 23.9 Å². The van der Waals surface area contributed by atoms with Crippen LogP contribution >= 0.6 is 23.9 Å². The third kappa shape index (κ3) is 4.30. The van der Waals surface area contributed by atoms with Gasteiger partial charge in [0, 0.05) is 37.5 Å². The molecule has 0 aromatic rings. The van der Waals surface area contributed by atoms with E-state index in [0.717, 1.165) is 11.3 Å². The highest BCUT2D eigenvalue weighted by atomic mass is 32.2. The molecule has 0 bridgehead atoms. The van der Waals surface area contributed by atoms with Crippen LogP contribution in [0.3, 0.4) is 0 Å². The Morgan fingerprint density at radius 2 is 1.44 bits per heavy atom. The van der Waals surface area contributed by atoms with Crippen molar-refractivity contribution in [1.29, 1.82) is 0 Å². The number of piperazine rings is 1. The number of nitrogens with zero attached hydrogens (tertiary/aromatic N) is 3. The van der Waals surface area contributed by atoms with Crippen molar-refractivity contribution in [2.45, 2.75) is 38.0 Å². The van der Waals surface area contributed by atoms with Crippen molar-refractivity contribution < 1.29 is 0 Å². The zero-order chi connectivity index (χ0) is 13.0. The van der Waals surface area contributed by atoms with E-state index in [1.807, 2.05) is 11.9 Å². The van der Waals surface area contributed by atoms with Crippen molar-refractivity contribution in [3.05, 3.63) is 0 Å². The Kier molecular flexibility index (Phi) is 6.15. The predicted molar refractivity (Wildman–Crippen MR) is 84.0 cm³/mol. The van der Waals surface area contributed by atoms with Gasteiger partial charge in [-0.3, -0.25) is 0 Å². The Hall–Kier alpha value is 0.580.